The molecule has 6 nitrogen and oxygen atoms in total. The number of halogens is 2. The smallest absolute Gasteiger partial charge is 0.266 e. The highest BCUT2D eigenvalue weighted by Crippen LogP contribution is 2.31. The standard InChI is InChI=1S/C10H8Cl2N4O2S/c11-6-4-7(12)10(8(13)5-6)19(17,18)16-9-2-1-3-14-15-9/h1-5H,13H2,(H,15,16). The Morgan fingerprint density at radius 3 is 2.58 bits per heavy atom. The summed E-state index contributed by atoms with van der Waals surface area (Å²) in [5, 5.41) is 7.36. The van der Waals surface area contributed by atoms with Gasteiger partial charge in [-0.3, -0.25) is 4.72 Å². The van der Waals surface area contributed by atoms with E-state index in [4.69, 9.17) is 28.9 Å². The van der Waals surface area contributed by atoms with Crippen molar-refractivity contribution in [2.45, 2.75) is 4.90 Å². The van der Waals surface area contributed by atoms with E-state index in [-0.39, 0.29) is 26.4 Å². The summed E-state index contributed by atoms with van der Waals surface area (Å²) in [6.07, 6.45) is 1.42. The van der Waals surface area contributed by atoms with Crippen molar-refractivity contribution in [3.05, 3.63) is 40.5 Å². The van der Waals surface area contributed by atoms with Gasteiger partial charge in [-0.15, -0.1) is 5.10 Å². The highest BCUT2D eigenvalue weighted by atomic mass is 35.5. The molecule has 0 amide bonds. The molecule has 0 unspecified atom stereocenters. The maximum absolute atomic E-state index is 12.2. The Kier molecular flexibility index (Phi) is 3.79. The number of aromatic nitrogens is 2. The van der Waals surface area contributed by atoms with Gasteiger partial charge in [0.15, 0.2) is 5.82 Å². The molecule has 0 saturated carbocycles. The third-order valence-electron chi connectivity index (χ3n) is 2.12. The second-order valence-electron chi connectivity index (χ2n) is 3.52. The Hall–Kier alpha value is -1.57. The number of rotatable bonds is 3. The fraction of sp³-hybridized carbons (Fsp3) is 0. The molecule has 0 aliphatic heterocycles. The van der Waals surface area contributed by atoms with Crippen LogP contribution in [0.1, 0.15) is 0 Å². The summed E-state index contributed by atoms with van der Waals surface area (Å²) in [5.74, 6) is 0.0629. The van der Waals surface area contributed by atoms with Crippen molar-refractivity contribution >= 4 is 44.7 Å². The maximum Gasteiger partial charge on any atom is 0.266 e. The molecule has 0 aliphatic carbocycles. The highest BCUT2D eigenvalue weighted by molar-refractivity contribution is 7.93. The lowest BCUT2D eigenvalue weighted by atomic mass is 10.3. The average Bonchev–Trinajstić information content (AvgIpc) is 2.27. The van der Waals surface area contributed by atoms with Gasteiger partial charge in [-0.1, -0.05) is 23.2 Å². The first-order valence-corrected chi connectivity index (χ1v) is 7.19. The van der Waals surface area contributed by atoms with E-state index in [9.17, 15) is 8.42 Å². The van der Waals surface area contributed by atoms with Crippen LogP contribution in [0.3, 0.4) is 0 Å². The first-order chi connectivity index (χ1) is 8.90. The predicted molar refractivity (Wildman–Crippen MR) is 73.7 cm³/mol. The highest BCUT2D eigenvalue weighted by Gasteiger charge is 2.22. The Morgan fingerprint density at radius 1 is 1.26 bits per heavy atom. The summed E-state index contributed by atoms with van der Waals surface area (Å²) in [6, 6.07) is 5.59. The minimum atomic E-state index is -3.96. The van der Waals surface area contributed by atoms with Gasteiger partial charge < -0.3 is 5.73 Å². The molecule has 3 N–H and O–H groups in total. The van der Waals surface area contributed by atoms with Gasteiger partial charge in [-0.05, 0) is 24.3 Å². The zero-order valence-corrected chi connectivity index (χ0v) is 11.7. The summed E-state index contributed by atoms with van der Waals surface area (Å²) >= 11 is 11.6. The first kappa shape index (κ1) is 13.9. The molecular formula is C10H8Cl2N4O2S. The molecule has 100 valence electrons. The Morgan fingerprint density at radius 2 is 2.00 bits per heavy atom. The van der Waals surface area contributed by atoms with Crippen molar-refractivity contribution in [2.75, 3.05) is 10.5 Å². The maximum atomic E-state index is 12.2. The largest absolute Gasteiger partial charge is 0.398 e. The zero-order valence-electron chi connectivity index (χ0n) is 9.34. The average molecular weight is 319 g/mol. The van der Waals surface area contributed by atoms with Crippen LogP contribution >= 0.6 is 23.2 Å². The van der Waals surface area contributed by atoms with Crippen molar-refractivity contribution in [3.8, 4) is 0 Å². The second kappa shape index (κ2) is 5.20. The molecule has 0 fully saturated rings. The molecule has 0 spiro atoms. The molecule has 19 heavy (non-hydrogen) atoms. The molecule has 1 aromatic heterocycles. The molecule has 1 aromatic carbocycles. The molecule has 0 atom stereocenters. The van der Waals surface area contributed by atoms with Crippen LogP contribution in [0, 0.1) is 0 Å². The molecule has 2 rings (SSSR count). The van der Waals surface area contributed by atoms with Crippen LogP contribution in [-0.4, -0.2) is 18.6 Å². The van der Waals surface area contributed by atoms with Crippen LogP contribution in [-0.2, 0) is 10.0 Å². The Balaban J connectivity index is 2.46. The lowest BCUT2D eigenvalue weighted by Gasteiger charge is -2.11. The van der Waals surface area contributed by atoms with Crippen molar-refractivity contribution in [2.24, 2.45) is 0 Å². The van der Waals surface area contributed by atoms with E-state index in [0.717, 1.165) is 0 Å². The van der Waals surface area contributed by atoms with Gasteiger partial charge in [0, 0.05) is 11.2 Å². The van der Waals surface area contributed by atoms with Crippen LogP contribution < -0.4 is 10.5 Å². The van der Waals surface area contributed by atoms with Gasteiger partial charge in [0.25, 0.3) is 10.0 Å². The predicted octanol–water partition coefficient (Wildman–Crippen LogP) is 2.17. The normalized spacial score (nSPS) is 11.3. The van der Waals surface area contributed by atoms with Crippen LogP contribution in [0.15, 0.2) is 35.4 Å². The third kappa shape index (κ3) is 3.06. The van der Waals surface area contributed by atoms with Gasteiger partial charge in [-0.2, -0.15) is 5.10 Å². The Bertz CT molecular complexity index is 684. The number of benzene rings is 1. The lowest BCUT2D eigenvalue weighted by molar-refractivity contribution is 0.601. The summed E-state index contributed by atoms with van der Waals surface area (Å²) in [7, 11) is -3.96. The lowest BCUT2D eigenvalue weighted by Crippen LogP contribution is -2.16. The van der Waals surface area contributed by atoms with E-state index >= 15 is 0 Å². The van der Waals surface area contributed by atoms with Crippen LogP contribution in [0.4, 0.5) is 11.5 Å². The molecule has 9 heteroatoms. The second-order valence-corrected chi connectivity index (χ2v) is 5.98. The van der Waals surface area contributed by atoms with Crippen molar-refractivity contribution in [1.82, 2.24) is 10.2 Å². The van der Waals surface area contributed by atoms with Crippen LogP contribution in [0.5, 0.6) is 0 Å². The summed E-state index contributed by atoms with van der Waals surface area (Å²) in [5.41, 5.74) is 5.59. The topological polar surface area (TPSA) is 98.0 Å². The molecule has 0 radical (unpaired) electrons. The Labute approximate surface area is 119 Å². The van der Waals surface area contributed by atoms with Crippen molar-refractivity contribution < 1.29 is 8.42 Å². The van der Waals surface area contributed by atoms with Gasteiger partial charge in [0.1, 0.15) is 4.90 Å². The summed E-state index contributed by atoms with van der Waals surface area (Å²) in [6.45, 7) is 0. The molecule has 2 aromatic rings. The van der Waals surface area contributed by atoms with E-state index in [1.54, 1.807) is 0 Å². The SMILES string of the molecule is Nc1cc(Cl)cc(Cl)c1S(=O)(=O)Nc1cccnn1. The van der Waals surface area contributed by atoms with Crippen molar-refractivity contribution in [1.29, 1.82) is 0 Å². The quantitative estimate of drug-likeness (QED) is 0.845. The minimum Gasteiger partial charge on any atom is -0.398 e. The van der Waals surface area contributed by atoms with E-state index in [1.807, 2.05) is 0 Å². The fourth-order valence-electron chi connectivity index (χ4n) is 1.41. The number of nitrogens with zero attached hydrogens (tertiary/aromatic N) is 2. The van der Waals surface area contributed by atoms with Gasteiger partial charge in [0.05, 0.1) is 10.7 Å². The first-order valence-electron chi connectivity index (χ1n) is 4.95. The fourth-order valence-corrected chi connectivity index (χ4v) is 3.39. The number of hydrogen-bond acceptors (Lipinski definition) is 5. The van der Waals surface area contributed by atoms with E-state index < -0.39 is 10.0 Å². The van der Waals surface area contributed by atoms with E-state index in [1.165, 1.54) is 30.5 Å². The van der Waals surface area contributed by atoms with Gasteiger partial charge >= 0.3 is 0 Å². The van der Waals surface area contributed by atoms with Crippen LogP contribution in [0.2, 0.25) is 10.0 Å². The number of nitrogens with two attached hydrogens (primary N) is 1. The number of nitrogens with one attached hydrogen (secondary N) is 1. The monoisotopic (exact) mass is 318 g/mol. The van der Waals surface area contributed by atoms with E-state index in [2.05, 4.69) is 14.9 Å². The van der Waals surface area contributed by atoms with Gasteiger partial charge in [-0.25, -0.2) is 8.42 Å². The molecule has 0 aliphatic rings. The number of anilines is 2. The van der Waals surface area contributed by atoms with Gasteiger partial charge in [0.2, 0.25) is 0 Å². The van der Waals surface area contributed by atoms with Crippen molar-refractivity contribution in [3.63, 3.8) is 0 Å². The zero-order chi connectivity index (χ0) is 14.0. The number of nitrogen functional groups attached to an aromatic ring is 1. The minimum absolute atomic E-state index is 0.0473. The number of hydrogen-bond donors (Lipinski definition) is 2. The number of sulfonamides is 1. The van der Waals surface area contributed by atoms with E-state index in [0.29, 0.717) is 0 Å². The molecule has 1 heterocycles. The summed E-state index contributed by atoms with van der Waals surface area (Å²) in [4.78, 5) is -0.246. The molecule has 0 bridgehead atoms. The summed E-state index contributed by atoms with van der Waals surface area (Å²) < 4.78 is 26.6. The molecule has 0 saturated heterocycles. The third-order valence-corrected chi connectivity index (χ3v) is 4.22. The molecular weight excluding hydrogens is 311 g/mol. The van der Waals surface area contributed by atoms with Crippen LogP contribution in [0.25, 0.3) is 0 Å².